The maximum Gasteiger partial charge on any atom is 0.154 e. The zero-order chi connectivity index (χ0) is 10.2. The predicted molar refractivity (Wildman–Crippen MR) is 49.2 cm³/mol. The maximum absolute atomic E-state index is 10.9. The average molecular weight is 211 g/mol. The van der Waals surface area contributed by atoms with Crippen molar-refractivity contribution in [3.8, 4) is 6.07 Å². The van der Waals surface area contributed by atoms with Gasteiger partial charge in [-0.25, -0.2) is 8.42 Å². The van der Waals surface area contributed by atoms with Gasteiger partial charge in [0.15, 0.2) is 9.84 Å². The number of rotatable bonds is 2. The van der Waals surface area contributed by atoms with Crippen LogP contribution in [-0.4, -0.2) is 29.7 Å². The van der Waals surface area contributed by atoms with E-state index in [1.807, 2.05) is 6.07 Å². The van der Waals surface area contributed by atoms with E-state index < -0.39 is 9.84 Å². The molecule has 0 amide bonds. The highest BCUT2D eigenvalue weighted by Gasteiger charge is 2.35. The Labute approximate surface area is 81.9 Å². The molecular weight excluding hydrogens is 202 g/mol. The second-order valence-corrected chi connectivity index (χ2v) is 5.55. The normalized spacial score (nSPS) is 19.9. The second-order valence-electron chi connectivity index (χ2n) is 3.39. The Morgan fingerprint density at radius 1 is 1.64 bits per heavy atom. The van der Waals surface area contributed by atoms with Gasteiger partial charge in [0.25, 0.3) is 0 Å². The van der Waals surface area contributed by atoms with Crippen molar-refractivity contribution in [1.29, 1.82) is 5.26 Å². The van der Waals surface area contributed by atoms with E-state index in [0.29, 0.717) is 6.42 Å². The second kappa shape index (κ2) is 3.10. The number of sulfone groups is 1. The number of nitriles is 1. The molecule has 0 unspecified atom stereocenters. The molecule has 74 valence electrons. The first-order chi connectivity index (χ1) is 6.61. The van der Waals surface area contributed by atoms with Gasteiger partial charge in [0.1, 0.15) is 0 Å². The van der Waals surface area contributed by atoms with Crippen LogP contribution in [0, 0.1) is 11.3 Å². The molecule has 1 saturated heterocycles. The molecule has 0 aliphatic carbocycles. The first-order valence-electron chi connectivity index (χ1n) is 4.21. The SMILES string of the molecule is N#CCc1cnn(C2CS(=O)(=O)C2)c1. The van der Waals surface area contributed by atoms with Crippen molar-refractivity contribution < 1.29 is 8.42 Å². The lowest BCUT2D eigenvalue weighted by atomic mass is 10.3. The molecule has 2 rings (SSSR count). The summed E-state index contributed by atoms with van der Waals surface area (Å²) in [4.78, 5) is 0. The van der Waals surface area contributed by atoms with Gasteiger partial charge in [-0.3, -0.25) is 4.68 Å². The summed E-state index contributed by atoms with van der Waals surface area (Å²) in [7, 11) is -2.81. The van der Waals surface area contributed by atoms with E-state index in [2.05, 4.69) is 5.10 Å². The smallest absolute Gasteiger partial charge is 0.154 e. The topological polar surface area (TPSA) is 75.8 Å². The molecule has 0 atom stereocenters. The van der Waals surface area contributed by atoms with E-state index >= 15 is 0 Å². The monoisotopic (exact) mass is 211 g/mol. The van der Waals surface area contributed by atoms with Crippen LogP contribution in [0.5, 0.6) is 0 Å². The zero-order valence-electron chi connectivity index (χ0n) is 7.42. The van der Waals surface area contributed by atoms with Gasteiger partial charge in [-0.2, -0.15) is 10.4 Å². The summed E-state index contributed by atoms with van der Waals surface area (Å²) in [5, 5.41) is 12.5. The number of nitrogens with zero attached hydrogens (tertiary/aromatic N) is 3. The van der Waals surface area contributed by atoms with Gasteiger partial charge in [0.05, 0.1) is 36.2 Å². The highest BCUT2D eigenvalue weighted by atomic mass is 32.2. The molecule has 2 heterocycles. The zero-order valence-corrected chi connectivity index (χ0v) is 8.24. The Kier molecular flexibility index (Phi) is 2.04. The highest BCUT2D eigenvalue weighted by Crippen LogP contribution is 2.22. The van der Waals surface area contributed by atoms with Crippen molar-refractivity contribution in [2.45, 2.75) is 12.5 Å². The van der Waals surface area contributed by atoms with E-state index in [1.54, 1.807) is 17.1 Å². The van der Waals surface area contributed by atoms with Crippen LogP contribution in [0.2, 0.25) is 0 Å². The lowest BCUT2D eigenvalue weighted by Gasteiger charge is -2.25. The predicted octanol–water partition coefficient (Wildman–Crippen LogP) is -0.0813. The number of aromatic nitrogens is 2. The van der Waals surface area contributed by atoms with Gasteiger partial charge < -0.3 is 0 Å². The van der Waals surface area contributed by atoms with E-state index in [1.165, 1.54) is 0 Å². The first-order valence-corrected chi connectivity index (χ1v) is 6.03. The van der Waals surface area contributed by atoms with Gasteiger partial charge in [-0.15, -0.1) is 0 Å². The molecule has 6 heteroatoms. The lowest BCUT2D eigenvalue weighted by Crippen LogP contribution is -2.38. The van der Waals surface area contributed by atoms with Crippen LogP contribution >= 0.6 is 0 Å². The standard InChI is InChI=1S/C8H9N3O2S/c9-2-1-7-3-10-11(4-7)8-5-14(12,13)6-8/h3-4,8H,1,5-6H2. The summed E-state index contributed by atoms with van der Waals surface area (Å²) < 4.78 is 23.5. The summed E-state index contributed by atoms with van der Waals surface area (Å²) in [6.45, 7) is 0. The quantitative estimate of drug-likeness (QED) is 0.685. The first kappa shape index (κ1) is 9.21. The Bertz CT molecular complexity index is 471. The fourth-order valence-electron chi connectivity index (χ4n) is 1.45. The average Bonchev–Trinajstić information content (AvgIpc) is 2.49. The minimum atomic E-state index is -2.81. The van der Waals surface area contributed by atoms with Crippen molar-refractivity contribution in [3.05, 3.63) is 18.0 Å². The third kappa shape index (κ3) is 1.63. The fraction of sp³-hybridized carbons (Fsp3) is 0.500. The van der Waals surface area contributed by atoms with Crippen molar-refractivity contribution in [2.75, 3.05) is 11.5 Å². The van der Waals surface area contributed by atoms with Crippen LogP contribution in [0.1, 0.15) is 11.6 Å². The van der Waals surface area contributed by atoms with E-state index in [0.717, 1.165) is 5.56 Å². The van der Waals surface area contributed by atoms with Crippen molar-refractivity contribution in [2.24, 2.45) is 0 Å². The number of hydrogen-bond donors (Lipinski definition) is 0. The molecule has 1 aliphatic heterocycles. The highest BCUT2D eigenvalue weighted by molar-refractivity contribution is 7.92. The minimum absolute atomic E-state index is 0.0348. The van der Waals surface area contributed by atoms with Crippen LogP contribution in [-0.2, 0) is 16.3 Å². The molecule has 5 nitrogen and oxygen atoms in total. The van der Waals surface area contributed by atoms with Gasteiger partial charge >= 0.3 is 0 Å². The molecule has 1 aliphatic rings. The van der Waals surface area contributed by atoms with Gasteiger partial charge in [-0.05, 0) is 0 Å². The maximum atomic E-state index is 10.9. The summed E-state index contributed by atoms with van der Waals surface area (Å²) >= 11 is 0. The Hall–Kier alpha value is -1.35. The van der Waals surface area contributed by atoms with Crippen LogP contribution < -0.4 is 0 Å². The summed E-state index contributed by atoms with van der Waals surface area (Å²) in [5.41, 5.74) is 0.830. The van der Waals surface area contributed by atoms with Gasteiger partial charge in [0.2, 0.25) is 0 Å². The van der Waals surface area contributed by atoms with Gasteiger partial charge in [0, 0.05) is 11.8 Å². The molecule has 0 aromatic carbocycles. The van der Waals surface area contributed by atoms with E-state index in [-0.39, 0.29) is 17.5 Å². The third-order valence-electron chi connectivity index (χ3n) is 2.20. The summed E-state index contributed by atoms with van der Waals surface area (Å²) in [6, 6.07) is 1.98. The van der Waals surface area contributed by atoms with Crippen molar-refractivity contribution in [3.63, 3.8) is 0 Å². The van der Waals surface area contributed by atoms with Crippen molar-refractivity contribution in [1.82, 2.24) is 9.78 Å². The summed E-state index contributed by atoms with van der Waals surface area (Å²) in [6.07, 6.45) is 3.66. The van der Waals surface area contributed by atoms with E-state index in [9.17, 15) is 8.42 Å². The van der Waals surface area contributed by atoms with E-state index in [4.69, 9.17) is 5.26 Å². The number of hydrogen-bond acceptors (Lipinski definition) is 4. The molecule has 1 aromatic rings. The molecule has 0 bridgehead atoms. The van der Waals surface area contributed by atoms with Crippen LogP contribution in [0.3, 0.4) is 0 Å². The molecule has 14 heavy (non-hydrogen) atoms. The molecule has 0 N–H and O–H groups in total. The van der Waals surface area contributed by atoms with Crippen molar-refractivity contribution >= 4 is 9.84 Å². The lowest BCUT2D eigenvalue weighted by molar-refractivity contribution is 0.473. The molecule has 0 saturated carbocycles. The molecule has 0 spiro atoms. The fourth-order valence-corrected chi connectivity index (χ4v) is 2.83. The summed E-state index contributed by atoms with van der Waals surface area (Å²) in [5.74, 6) is 0.335. The molecular formula is C8H9N3O2S. The molecule has 1 fully saturated rings. The Balaban J connectivity index is 2.09. The van der Waals surface area contributed by atoms with Crippen LogP contribution in [0.15, 0.2) is 12.4 Å². The Morgan fingerprint density at radius 2 is 2.36 bits per heavy atom. The Morgan fingerprint density at radius 3 is 2.93 bits per heavy atom. The van der Waals surface area contributed by atoms with Crippen LogP contribution in [0.25, 0.3) is 0 Å². The van der Waals surface area contributed by atoms with Crippen LogP contribution in [0.4, 0.5) is 0 Å². The molecule has 1 aromatic heterocycles. The minimum Gasteiger partial charge on any atom is -0.267 e. The third-order valence-corrected chi connectivity index (χ3v) is 3.99. The molecule has 0 radical (unpaired) electrons. The largest absolute Gasteiger partial charge is 0.267 e. The van der Waals surface area contributed by atoms with Gasteiger partial charge in [-0.1, -0.05) is 0 Å².